The number of aromatic nitrogens is 1. The van der Waals surface area contributed by atoms with E-state index in [2.05, 4.69) is 22.9 Å². The summed E-state index contributed by atoms with van der Waals surface area (Å²) in [4.78, 5) is 5.02. The third kappa shape index (κ3) is 6.12. The monoisotopic (exact) mass is 406 g/mol. The van der Waals surface area contributed by atoms with E-state index < -0.39 is 0 Å². The summed E-state index contributed by atoms with van der Waals surface area (Å²) in [6.45, 7) is 1.46. The topological polar surface area (TPSA) is 45.1 Å². The van der Waals surface area contributed by atoms with Crippen molar-refractivity contribution in [1.82, 2.24) is 10.3 Å². The number of rotatable bonds is 5. The van der Waals surface area contributed by atoms with Gasteiger partial charge in [0.25, 0.3) is 0 Å². The fourth-order valence-corrected chi connectivity index (χ4v) is 3.19. The molecule has 0 aliphatic carbocycles. The second-order valence-electron chi connectivity index (χ2n) is 6.48. The van der Waals surface area contributed by atoms with E-state index in [0.717, 1.165) is 38.9 Å². The highest BCUT2D eigenvalue weighted by atomic mass is 32.1. The Hall–Kier alpha value is -2.73. The average Bonchev–Trinajstić information content (AvgIpc) is 2.75. The van der Waals surface area contributed by atoms with Crippen LogP contribution >= 0.6 is 12.6 Å². The molecule has 1 aromatic heterocycles. The molecule has 0 saturated heterocycles. The molecule has 2 N–H and O–H groups in total. The van der Waals surface area contributed by atoms with Crippen LogP contribution in [0.5, 0.6) is 0 Å². The van der Waals surface area contributed by atoms with E-state index in [1.165, 1.54) is 12.1 Å². The van der Waals surface area contributed by atoms with Gasteiger partial charge in [0.15, 0.2) is 0 Å². The number of halogens is 1. The lowest BCUT2D eigenvalue weighted by Gasteiger charge is -2.05. The summed E-state index contributed by atoms with van der Waals surface area (Å²) in [6.07, 6.45) is 3.62. The van der Waals surface area contributed by atoms with Crippen LogP contribution in [0, 0.1) is 5.82 Å². The van der Waals surface area contributed by atoms with Crippen molar-refractivity contribution in [2.24, 2.45) is 0 Å². The third-order valence-electron chi connectivity index (χ3n) is 4.39. The van der Waals surface area contributed by atoms with Crippen molar-refractivity contribution < 1.29 is 9.50 Å². The number of hydrogen-bond acceptors (Lipinski definition) is 4. The highest BCUT2D eigenvalue weighted by molar-refractivity contribution is 7.80. The van der Waals surface area contributed by atoms with Crippen molar-refractivity contribution in [3.8, 4) is 11.1 Å². The van der Waals surface area contributed by atoms with Crippen LogP contribution in [0.2, 0.25) is 0 Å². The highest BCUT2D eigenvalue weighted by Gasteiger charge is 1.99. The summed E-state index contributed by atoms with van der Waals surface area (Å²) in [7, 11) is 0. The molecule has 0 radical (unpaired) electrons. The molecule has 3 nitrogen and oxygen atoms in total. The van der Waals surface area contributed by atoms with Crippen molar-refractivity contribution in [2.45, 2.75) is 11.4 Å². The number of nitrogens with one attached hydrogen (secondary N) is 1. The van der Waals surface area contributed by atoms with E-state index in [-0.39, 0.29) is 12.4 Å². The molecule has 4 aromatic rings. The standard InChI is InChI=1S/C15H16FNO.C9H7NS/c16-15-3-1-2-14(10-15)13-6-4-12(5-7-13)11-17-8-9-18;11-9-3-1-2-7-6-10-5-4-8(7)9/h1-7,10,17-18H,8-9,11H2;1-6,11H. The van der Waals surface area contributed by atoms with Gasteiger partial charge in [-0.3, -0.25) is 4.98 Å². The molecule has 0 aliphatic heterocycles. The third-order valence-corrected chi connectivity index (χ3v) is 4.78. The van der Waals surface area contributed by atoms with Gasteiger partial charge in [-0.2, -0.15) is 0 Å². The predicted octanol–water partition coefficient (Wildman–Crippen LogP) is 5.10. The number of hydrogen-bond donors (Lipinski definition) is 3. The molecule has 0 aliphatic rings. The Morgan fingerprint density at radius 2 is 1.72 bits per heavy atom. The summed E-state index contributed by atoms with van der Waals surface area (Å²) >= 11 is 4.32. The largest absolute Gasteiger partial charge is 0.395 e. The number of fused-ring (bicyclic) bond motifs is 1. The summed E-state index contributed by atoms with van der Waals surface area (Å²) in [5.41, 5.74) is 3.02. The second-order valence-corrected chi connectivity index (χ2v) is 6.96. The number of nitrogens with zero attached hydrogens (tertiary/aromatic N) is 1. The first kappa shape index (κ1) is 21.0. The lowest BCUT2D eigenvalue weighted by molar-refractivity contribution is 0.292. The highest BCUT2D eigenvalue weighted by Crippen LogP contribution is 2.21. The Morgan fingerprint density at radius 3 is 2.45 bits per heavy atom. The molecular formula is C24H23FN2OS. The van der Waals surface area contributed by atoms with Gasteiger partial charge in [0.1, 0.15) is 5.82 Å². The SMILES string of the molecule is OCCNCc1ccc(-c2cccc(F)c2)cc1.Sc1cccc2cnccc12. The molecule has 0 saturated carbocycles. The van der Waals surface area contributed by atoms with Crippen LogP contribution in [-0.4, -0.2) is 23.2 Å². The molecule has 1 heterocycles. The number of benzene rings is 3. The molecule has 0 amide bonds. The van der Waals surface area contributed by atoms with Gasteiger partial charge in [0.05, 0.1) is 6.61 Å². The molecule has 5 heteroatoms. The fourth-order valence-electron chi connectivity index (χ4n) is 2.90. The van der Waals surface area contributed by atoms with E-state index in [0.29, 0.717) is 6.54 Å². The van der Waals surface area contributed by atoms with Gasteiger partial charge in [-0.25, -0.2) is 4.39 Å². The van der Waals surface area contributed by atoms with Gasteiger partial charge in [0.2, 0.25) is 0 Å². The van der Waals surface area contributed by atoms with Gasteiger partial charge in [-0.15, -0.1) is 12.6 Å². The van der Waals surface area contributed by atoms with E-state index in [9.17, 15) is 4.39 Å². The van der Waals surface area contributed by atoms with Crippen LogP contribution in [-0.2, 0) is 6.54 Å². The Bertz CT molecular complexity index is 1050. The maximum atomic E-state index is 13.1. The zero-order valence-electron chi connectivity index (χ0n) is 15.9. The average molecular weight is 407 g/mol. The van der Waals surface area contributed by atoms with Gasteiger partial charge < -0.3 is 10.4 Å². The molecule has 29 heavy (non-hydrogen) atoms. The summed E-state index contributed by atoms with van der Waals surface area (Å²) in [6, 6.07) is 22.5. The number of thiol groups is 1. The second kappa shape index (κ2) is 10.7. The van der Waals surface area contributed by atoms with Gasteiger partial charge in [-0.1, -0.05) is 48.5 Å². The van der Waals surface area contributed by atoms with Crippen LogP contribution in [0.25, 0.3) is 21.9 Å². The van der Waals surface area contributed by atoms with E-state index in [4.69, 9.17) is 5.11 Å². The normalized spacial score (nSPS) is 10.4. The smallest absolute Gasteiger partial charge is 0.123 e. The van der Waals surface area contributed by atoms with Crippen LogP contribution < -0.4 is 5.32 Å². The quantitative estimate of drug-likeness (QED) is 0.319. The minimum absolute atomic E-state index is 0.140. The molecule has 0 atom stereocenters. The van der Waals surface area contributed by atoms with Gasteiger partial charge >= 0.3 is 0 Å². The maximum Gasteiger partial charge on any atom is 0.123 e. The maximum absolute atomic E-state index is 13.1. The summed E-state index contributed by atoms with van der Waals surface area (Å²) in [5, 5.41) is 14.1. The minimum atomic E-state index is -0.221. The zero-order chi connectivity index (χ0) is 20.5. The van der Waals surface area contributed by atoms with Crippen LogP contribution in [0.1, 0.15) is 5.56 Å². The van der Waals surface area contributed by atoms with Crippen molar-refractivity contribution in [1.29, 1.82) is 0 Å². The van der Waals surface area contributed by atoms with Gasteiger partial charge in [0, 0.05) is 35.8 Å². The molecule has 0 unspecified atom stereocenters. The Morgan fingerprint density at radius 1 is 0.931 bits per heavy atom. The Kier molecular flexibility index (Phi) is 7.76. The molecule has 0 fully saturated rings. The molecule has 3 aromatic carbocycles. The summed E-state index contributed by atoms with van der Waals surface area (Å²) in [5.74, 6) is -0.221. The molecular weight excluding hydrogens is 383 g/mol. The van der Waals surface area contributed by atoms with E-state index >= 15 is 0 Å². The molecule has 148 valence electrons. The first-order chi connectivity index (χ1) is 14.2. The first-order valence-corrected chi connectivity index (χ1v) is 9.80. The lowest BCUT2D eigenvalue weighted by atomic mass is 10.0. The first-order valence-electron chi connectivity index (χ1n) is 9.35. The van der Waals surface area contributed by atoms with Gasteiger partial charge in [-0.05, 0) is 46.3 Å². The van der Waals surface area contributed by atoms with Crippen molar-refractivity contribution in [3.63, 3.8) is 0 Å². The van der Waals surface area contributed by atoms with Crippen LogP contribution in [0.15, 0.2) is 90.1 Å². The van der Waals surface area contributed by atoms with Crippen LogP contribution in [0.4, 0.5) is 4.39 Å². The van der Waals surface area contributed by atoms with Crippen LogP contribution in [0.3, 0.4) is 0 Å². The molecule has 4 rings (SSSR count). The van der Waals surface area contributed by atoms with Crippen molar-refractivity contribution in [3.05, 3.63) is 96.6 Å². The van der Waals surface area contributed by atoms with E-state index in [1.807, 2.05) is 60.8 Å². The fraction of sp³-hybridized carbons (Fsp3) is 0.125. The molecule has 0 spiro atoms. The summed E-state index contributed by atoms with van der Waals surface area (Å²) < 4.78 is 13.1. The number of aliphatic hydroxyl groups is 1. The zero-order valence-corrected chi connectivity index (χ0v) is 16.8. The van der Waals surface area contributed by atoms with Crippen molar-refractivity contribution in [2.75, 3.05) is 13.2 Å². The Labute approximate surface area is 175 Å². The number of pyridine rings is 1. The number of aliphatic hydroxyl groups excluding tert-OH is 1. The minimum Gasteiger partial charge on any atom is -0.395 e. The van der Waals surface area contributed by atoms with Crippen molar-refractivity contribution >= 4 is 23.4 Å². The Balaban J connectivity index is 0.000000186. The predicted molar refractivity (Wildman–Crippen MR) is 120 cm³/mol. The van der Waals surface area contributed by atoms with E-state index in [1.54, 1.807) is 12.3 Å². The lowest BCUT2D eigenvalue weighted by Crippen LogP contribution is -2.17. The molecule has 0 bridgehead atoms.